The monoisotopic (exact) mass is 1070 g/mol. The molecule has 4 aromatic rings. The molecule has 4 aliphatic rings. The number of nitrogens with zero attached hydrogens (tertiary/aromatic N) is 2. The van der Waals surface area contributed by atoms with Gasteiger partial charge in [-0.2, -0.15) is 26.3 Å². The van der Waals surface area contributed by atoms with Crippen LogP contribution in [0.15, 0.2) is 84.9 Å². The van der Waals surface area contributed by atoms with Crippen LogP contribution in [0.3, 0.4) is 0 Å². The van der Waals surface area contributed by atoms with Crippen molar-refractivity contribution >= 4 is 11.9 Å². The minimum atomic E-state index is -5.02. The number of hydrogen-bond acceptors (Lipinski definition) is 12. The summed E-state index contributed by atoms with van der Waals surface area (Å²) in [6.45, 7) is 11.1. The highest BCUT2D eigenvalue weighted by atomic mass is 19.4. The molecule has 0 aliphatic carbocycles. The minimum absolute atomic E-state index is 0.115. The second-order valence-electron chi connectivity index (χ2n) is 21.0. The topological polar surface area (TPSA) is 114 Å². The van der Waals surface area contributed by atoms with Crippen LogP contribution < -0.4 is 18.9 Å². The first-order chi connectivity index (χ1) is 36.1. The van der Waals surface area contributed by atoms with Gasteiger partial charge in [0.1, 0.15) is 12.2 Å². The van der Waals surface area contributed by atoms with E-state index in [1.165, 1.54) is 48.5 Å². The molecule has 0 bridgehead atoms. The normalized spacial score (nSPS) is 23.2. The summed E-state index contributed by atoms with van der Waals surface area (Å²) in [6.07, 6.45) is -7.65. The fourth-order valence-electron chi connectivity index (χ4n) is 12.0. The number of carbonyl (C=O) groups excluding carboxylic acids is 2. The maximum Gasteiger partial charge on any atom is 0.432 e. The van der Waals surface area contributed by atoms with Crippen LogP contribution in [0, 0.1) is 23.7 Å². The van der Waals surface area contributed by atoms with Gasteiger partial charge in [-0.05, 0) is 84.0 Å². The lowest BCUT2D eigenvalue weighted by molar-refractivity contribution is -0.280. The van der Waals surface area contributed by atoms with E-state index in [-0.39, 0.29) is 46.9 Å². The molecule has 416 valence electrons. The van der Waals surface area contributed by atoms with Crippen molar-refractivity contribution in [2.24, 2.45) is 23.7 Å². The molecule has 2 saturated heterocycles. The van der Waals surface area contributed by atoms with E-state index in [0.29, 0.717) is 48.9 Å². The third-order valence-corrected chi connectivity index (χ3v) is 15.5. The smallest absolute Gasteiger partial charge is 0.432 e. The molecule has 4 aromatic carbocycles. The van der Waals surface area contributed by atoms with E-state index in [0.717, 1.165) is 75.2 Å². The third kappa shape index (κ3) is 11.5. The van der Waals surface area contributed by atoms with Crippen LogP contribution in [0.4, 0.5) is 26.3 Å². The standard InChI is InChI=1S/2C29H36F3NO5/c2*1-18(2)13-20-17-33-12-11-19-14-25(35-3)26(36-4)15-22(19)23(33)16-24(20)38-27(34)28(37-5,29(30,31)32)21-9-7-6-8-10-21/h2*6-10,14-15,18,20,23-24H,11-13,16-17H2,1-5H3/t20-,23+,24-,28+;20-,23+,24-,28-/m10/s1. The molecule has 4 aliphatic heterocycles. The van der Waals surface area contributed by atoms with Crippen molar-refractivity contribution in [1.29, 1.82) is 0 Å². The van der Waals surface area contributed by atoms with E-state index >= 15 is 0 Å². The summed E-state index contributed by atoms with van der Waals surface area (Å²) in [5.74, 6) is -0.0974. The summed E-state index contributed by atoms with van der Waals surface area (Å²) >= 11 is 0. The molecule has 8 rings (SSSR count). The summed E-state index contributed by atoms with van der Waals surface area (Å²) in [5, 5.41) is 0. The fraction of sp³-hybridized carbons (Fsp3) is 0.552. The van der Waals surface area contributed by atoms with Crippen LogP contribution in [-0.2, 0) is 52.6 Å². The Bertz CT molecular complexity index is 2420. The zero-order valence-electron chi connectivity index (χ0n) is 45.0. The molecule has 12 nitrogen and oxygen atoms in total. The predicted molar refractivity (Wildman–Crippen MR) is 272 cm³/mol. The molecule has 0 amide bonds. The largest absolute Gasteiger partial charge is 0.493 e. The Balaban J connectivity index is 0.000000221. The van der Waals surface area contributed by atoms with Gasteiger partial charge in [-0.3, -0.25) is 9.80 Å². The number of fused-ring (bicyclic) bond motifs is 6. The van der Waals surface area contributed by atoms with E-state index < -0.39 is 47.7 Å². The number of hydrogen-bond donors (Lipinski definition) is 0. The predicted octanol–water partition coefficient (Wildman–Crippen LogP) is 11.4. The van der Waals surface area contributed by atoms with Gasteiger partial charge in [-0.1, -0.05) is 88.4 Å². The minimum Gasteiger partial charge on any atom is -0.493 e. The van der Waals surface area contributed by atoms with Crippen LogP contribution in [0.25, 0.3) is 0 Å². The Hall–Kier alpha value is -5.56. The van der Waals surface area contributed by atoms with Gasteiger partial charge < -0.3 is 37.9 Å². The van der Waals surface area contributed by atoms with Gasteiger partial charge >= 0.3 is 24.3 Å². The van der Waals surface area contributed by atoms with Crippen LogP contribution in [-0.4, -0.2) is 115 Å². The molecule has 0 N–H and O–H groups in total. The van der Waals surface area contributed by atoms with Crippen molar-refractivity contribution in [2.45, 2.75) is 114 Å². The maximum absolute atomic E-state index is 14.5. The highest BCUT2D eigenvalue weighted by Crippen LogP contribution is 2.50. The van der Waals surface area contributed by atoms with E-state index in [1.807, 2.05) is 24.3 Å². The summed E-state index contributed by atoms with van der Waals surface area (Å²) in [5.41, 5.74) is -2.80. The number of rotatable bonds is 16. The molecule has 0 radical (unpaired) electrons. The molecule has 76 heavy (non-hydrogen) atoms. The first-order valence-electron chi connectivity index (χ1n) is 25.9. The van der Waals surface area contributed by atoms with E-state index in [9.17, 15) is 35.9 Å². The third-order valence-electron chi connectivity index (χ3n) is 15.5. The molecule has 0 spiro atoms. The molecule has 0 aromatic heterocycles. The van der Waals surface area contributed by atoms with E-state index in [4.69, 9.17) is 37.9 Å². The zero-order chi connectivity index (χ0) is 55.3. The van der Waals surface area contributed by atoms with Crippen molar-refractivity contribution in [2.75, 3.05) is 68.8 Å². The number of halogens is 6. The lowest BCUT2D eigenvalue weighted by Gasteiger charge is -2.47. The number of methoxy groups -OCH3 is 6. The molecular weight excluding hydrogens is 999 g/mol. The number of ether oxygens (including phenoxy) is 8. The van der Waals surface area contributed by atoms with E-state index in [1.54, 1.807) is 40.6 Å². The van der Waals surface area contributed by atoms with Crippen molar-refractivity contribution in [1.82, 2.24) is 9.80 Å². The first-order valence-corrected chi connectivity index (χ1v) is 25.9. The zero-order valence-corrected chi connectivity index (χ0v) is 45.0. The van der Waals surface area contributed by atoms with Crippen molar-refractivity contribution in [3.05, 3.63) is 118 Å². The average Bonchev–Trinajstić information content (AvgIpc) is 3.39. The Morgan fingerprint density at radius 2 is 0.855 bits per heavy atom. The molecule has 0 saturated carbocycles. The van der Waals surface area contributed by atoms with Crippen LogP contribution in [0.1, 0.15) is 98.8 Å². The van der Waals surface area contributed by atoms with Crippen LogP contribution in [0.5, 0.6) is 23.0 Å². The molecule has 2 fully saturated rings. The highest BCUT2D eigenvalue weighted by molar-refractivity contribution is 5.83. The summed E-state index contributed by atoms with van der Waals surface area (Å²) in [6, 6.07) is 21.5. The molecular formula is C58H72F6N2O10. The van der Waals surface area contributed by atoms with Crippen LogP contribution in [0.2, 0.25) is 0 Å². The van der Waals surface area contributed by atoms with Gasteiger partial charge in [0, 0.05) is 88.3 Å². The molecule has 0 unspecified atom stereocenters. The van der Waals surface area contributed by atoms with Gasteiger partial charge in [-0.25, -0.2) is 9.59 Å². The second kappa shape index (κ2) is 24.0. The second-order valence-corrected chi connectivity index (χ2v) is 21.0. The first kappa shape index (κ1) is 58.1. The van der Waals surface area contributed by atoms with Crippen LogP contribution >= 0.6 is 0 Å². The number of benzene rings is 4. The quantitative estimate of drug-likeness (QED) is 0.0786. The van der Waals surface area contributed by atoms with Gasteiger partial charge in [0.25, 0.3) is 11.2 Å². The van der Waals surface area contributed by atoms with Gasteiger partial charge in [-0.15, -0.1) is 0 Å². The summed E-state index contributed by atoms with van der Waals surface area (Å²) in [4.78, 5) is 31.7. The Labute approximate surface area is 442 Å². The lowest BCUT2D eigenvalue weighted by Crippen LogP contribution is -2.55. The number of piperidine rings is 2. The Kier molecular flexibility index (Phi) is 18.3. The van der Waals surface area contributed by atoms with E-state index in [2.05, 4.69) is 37.5 Å². The number of esters is 2. The highest BCUT2D eigenvalue weighted by Gasteiger charge is 2.66. The Morgan fingerprint density at radius 1 is 0.526 bits per heavy atom. The lowest BCUT2D eigenvalue weighted by atomic mass is 9.79. The molecule has 8 atom stereocenters. The van der Waals surface area contributed by atoms with Crippen molar-refractivity contribution in [3.63, 3.8) is 0 Å². The average molecular weight is 1070 g/mol. The summed E-state index contributed by atoms with van der Waals surface area (Å²) < 4.78 is 131. The summed E-state index contributed by atoms with van der Waals surface area (Å²) in [7, 11) is 8.10. The van der Waals surface area contributed by atoms with Crippen molar-refractivity contribution in [3.8, 4) is 23.0 Å². The fourth-order valence-corrected chi connectivity index (χ4v) is 12.0. The van der Waals surface area contributed by atoms with Gasteiger partial charge in [0.15, 0.2) is 23.0 Å². The van der Waals surface area contributed by atoms with Gasteiger partial charge in [0.05, 0.1) is 28.4 Å². The molecule has 4 heterocycles. The SMILES string of the molecule is COc1cc2c(cc1OC)[C@@H]1C[C@@H](OC(=O)[C@@](OC)(c3ccccc3)C(F)(F)F)[C@H](CC(C)C)CN1CC2.COc1cc2c(cc1OC)[C@H]1C[C@H](OC(=O)[C@@](OC)(c3ccccc3)C(F)(F)F)[C@@H](CC(C)C)CN1CC2. The maximum atomic E-state index is 14.5. The van der Waals surface area contributed by atoms with Crippen molar-refractivity contribution < 1.29 is 73.8 Å². The Morgan fingerprint density at radius 3 is 1.14 bits per heavy atom. The molecule has 18 heteroatoms. The number of alkyl halides is 6. The van der Waals surface area contributed by atoms with Gasteiger partial charge in [0.2, 0.25) is 0 Å². The number of carbonyl (C=O) groups is 2.